The SMILES string of the molecule is CC(C)c1c(C(=O)NCCCOc2ccccc2)cnn1-c1ccc(C(F)(F)F)cn1. The van der Waals surface area contributed by atoms with Gasteiger partial charge in [-0.3, -0.25) is 4.79 Å². The van der Waals surface area contributed by atoms with Gasteiger partial charge in [0, 0.05) is 12.7 Å². The Morgan fingerprint density at radius 2 is 1.87 bits per heavy atom. The molecule has 1 amide bonds. The third-order valence-electron chi connectivity index (χ3n) is 4.51. The highest BCUT2D eigenvalue weighted by atomic mass is 19.4. The summed E-state index contributed by atoms with van der Waals surface area (Å²) >= 11 is 0. The topological polar surface area (TPSA) is 69.0 Å². The molecule has 0 fully saturated rings. The molecule has 3 rings (SSSR count). The van der Waals surface area contributed by atoms with Crippen molar-refractivity contribution in [2.45, 2.75) is 32.4 Å². The molecule has 0 radical (unpaired) electrons. The number of nitrogens with zero attached hydrogens (tertiary/aromatic N) is 3. The van der Waals surface area contributed by atoms with Crippen LogP contribution < -0.4 is 10.1 Å². The van der Waals surface area contributed by atoms with Gasteiger partial charge in [-0.15, -0.1) is 0 Å². The van der Waals surface area contributed by atoms with Crippen LogP contribution >= 0.6 is 0 Å². The number of ether oxygens (including phenoxy) is 1. The summed E-state index contributed by atoms with van der Waals surface area (Å²) in [7, 11) is 0. The van der Waals surface area contributed by atoms with E-state index in [9.17, 15) is 18.0 Å². The van der Waals surface area contributed by atoms with Crippen molar-refractivity contribution in [1.82, 2.24) is 20.1 Å². The van der Waals surface area contributed by atoms with Gasteiger partial charge in [0.2, 0.25) is 0 Å². The Morgan fingerprint density at radius 3 is 2.48 bits per heavy atom. The van der Waals surface area contributed by atoms with Crippen LogP contribution in [-0.2, 0) is 6.18 Å². The molecule has 2 heterocycles. The van der Waals surface area contributed by atoms with Crippen molar-refractivity contribution >= 4 is 5.91 Å². The van der Waals surface area contributed by atoms with Crippen LogP contribution in [0.3, 0.4) is 0 Å². The molecule has 0 spiro atoms. The number of rotatable bonds is 8. The summed E-state index contributed by atoms with van der Waals surface area (Å²) in [4.78, 5) is 16.5. The second kappa shape index (κ2) is 9.63. The summed E-state index contributed by atoms with van der Waals surface area (Å²) < 4.78 is 45.4. The van der Waals surface area contributed by atoms with Crippen molar-refractivity contribution in [3.8, 4) is 11.6 Å². The molecular weight excluding hydrogens is 409 g/mol. The van der Waals surface area contributed by atoms with Gasteiger partial charge in [-0.1, -0.05) is 32.0 Å². The number of halogens is 3. The molecule has 0 aliphatic heterocycles. The van der Waals surface area contributed by atoms with Crippen LogP contribution in [0, 0.1) is 0 Å². The van der Waals surface area contributed by atoms with Crippen LogP contribution in [0.2, 0.25) is 0 Å². The van der Waals surface area contributed by atoms with E-state index in [2.05, 4.69) is 15.4 Å². The van der Waals surface area contributed by atoms with Crippen LogP contribution in [0.15, 0.2) is 54.9 Å². The Labute approximate surface area is 178 Å². The summed E-state index contributed by atoms with van der Waals surface area (Å²) in [5.41, 5.74) is 0.0937. The van der Waals surface area contributed by atoms with E-state index in [4.69, 9.17) is 4.74 Å². The molecule has 31 heavy (non-hydrogen) atoms. The number of hydrogen-bond acceptors (Lipinski definition) is 4. The Balaban J connectivity index is 1.65. The van der Waals surface area contributed by atoms with Crippen LogP contribution in [0.5, 0.6) is 5.75 Å². The summed E-state index contributed by atoms with van der Waals surface area (Å²) in [6.07, 6.45) is -1.68. The summed E-state index contributed by atoms with van der Waals surface area (Å²) in [6, 6.07) is 11.6. The van der Waals surface area contributed by atoms with E-state index in [0.29, 0.717) is 30.8 Å². The number of nitrogens with one attached hydrogen (secondary N) is 1. The monoisotopic (exact) mass is 432 g/mol. The zero-order chi connectivity index (χ0) is 22.4. The van der Waals surface area contributed by atoms with Crippen molar-refractivity contribution in [2.24, 2.45) is 0 Å². The van der Waals surface area contributed by atoms with E-state index in [1.165, 1.54) is 16.9 Å². The second-order valence-corrected chi connectivity index (χ2v) is 7.18. The molecule has 9 heteroatoms. The fraction of sp³-hybridized carbons (Fsp3) is 0.318. The number of pyridine rings is 1. The third kappa shape index (κ3) is 5.62. The zero-order valence-electron chi connectivity index (χ0n) is 17.2. The fourth-order valence-corrected chi connectivity index (χ4v) is 3.03. The standard InChI is InChI=1S/C22H23F3N4O2/c1-15(2)20-18(21(30)26-11-6-12-31-17-7-4-3-5-8-17)14-28-29(20)19-10-9-16(13-27-19)22(23,24)25/h3-5,7-10,13-15H,6,11-12H2,1-2H3,(H,26,30). The second-order valence-electron chi connectivity index (χ2n) is 7.18. The quantitative estimate of drug-likeness (QED) is 0.528. The van der Waals surface area contributed by atoms with Crippen LogP contribution in [0.4, 0.5) is 13.2 Å². The minimum absolute atomic E-state index is 0.103. The molecule has 3 aromatic rings. The molecule has 0 aliphatic carbocycles. The van der Waals surface area contributed by atoms with E-state index in [1.54, 1.807) is 0 Å². The van der Waals surface area contributed by atoms with Gasteiger partial charge in [-0.05, 0) is 36.6 Å². The fourth-order valence-electron chi connectivity index (χ4n) is 3.03. The Morgan fingerprint density at radius 1 is 1.13 bits per heavy atom. The predicted molar refractivity (Wildman–Crippen MR) is 109 cm³/mol. The van der Waals surface area contributed by atoms with Gasteiger partial charge >= 0.3 is 6.18 Å². The summed E-state index contributed by atoms with van der Waals surface area (Å²) in [5, 5.41) is 7.02. The molecule has 0 atom stereocenters. The van der Waals surface area contributed by atoms with Gasteiger partial charge < -0.3 is 10.1 Å². The average molecular weight is 432 g/mol. The predicted octanol–water partition coefficient (Wildman–Crippen LogP) is 4.61. The molecule has 6 nitrogen and oxygen atoms in total. The summed E-state index contributed by atoms with van der Waals surface area (Å²) in [5.74, 6) is 0.573. The number of aromatic nitrogens is 3. The molecule has 0 unspecified atom stereocenters. The van der Waals surface area contributed by atoms with E-state index in [1.807, 2.05) is 44.2 Å². The average Bonchev–Trinajstić information content (AvgIpc) is 3.19. The molecule has 1 N–H and O–H groups in total. The number of alkyl halides is 3. The Kier molecular flexibility index (Phi) is 6.94. The first-order chi connectivity index (χ1) is 14.8. The lowest BCUT2D eigenvalue weighted by atomic mass is 10.1. The van der Waals surface area contributed by atoms with Gasteiger partial charge in [0.15, 0.2) is 5.82 Å². The van der Waals surface area contributed by atoms with Crippen LogP contribution in [0.25, 0.3) is 5.82 Å². The Bertz CT molecular complexity index is 1000. The molecule has 0 saturated carbocycles. The molecule has 0 aliphatic rings. The van der Waals surface area contributed by atoms with Crippen molar-refractivity contribution in [2.75, 3.05) is 13.2 Å². The third-order valence-corrected chi connectivity index (χ3v) is 4.51. The number of carbonyl (C=O) groups excluding carboxylic acids is 1. The van der Waals surface area contributed by atoms with Gasteiger partial charge in [-0.25, -0.2) is 9.67 Å². The van der Waals surface area contributed by atoms with Crippen molar-refractivity contribution in [3.05, 3.63) is 71.7 Å². The maximum absolute atomic E-state index is 12.8. The highest BCUT2D eigenvalue weighted by molar-refractivity contribution is 5.95. The number of benzene rings is 1. The number of hydrogen-bond donors (Lipinski definition) is 1. The maximum Gasteiger partial charge on any atom is 0.417 e. The number of amides is 1. The van der Waals surface area contributed by atoms with E-state index >= 15 is 0 Å². The number of carbonyl (C=O) groups is 1. The lowest BCUT2D eigenvalue weighted by Crippen LogP contribution is -2.26. The van der Waals surface area contributed by atoms with Gasteiger partial charge in [0.05, 0.1) is 29.6 Å². The smallest absolute Gasteiger partial charge is 0.417 e. The molecule has 2 aromatic heterocycles. The lowest BCUT2D eigenvalue weighted by molar-refractivity contribution is -0.137. The molecule has 0 bridgehead atoms. The molecular formula is C22H23F3N4O2. The first-order valence-electron chi connectivity index (χ1n) is 9.85. The highest BCUT2D eigenvalue weighted by Crippen LogP contribution is 2.29. The minimum Gasteiger partial charge on any atom is -0.494 e. The largest absolute Gasteiger partial charge is 0.494 e. The van der Waals surface area contributed by atoms with Gasteiger partial charge in [-0.2, -0.15) is 18.3 Å². The first kappa shape index (κ1) is 22.3. The van der Waals surface area contributed by atoms with Gasteiger partial charge in [0.1, 0.15) is 5.75 Å². The normalized spacial score (nSPS) is 11.5. The summed E-state index contributed by atoms with van der Waals surface area (Å²) in [6.45, 7) is 4.62. The van der Waals surface area contributed by atoms with E-state index in [-0.39, 0.29) is 17.6 Å². The first-order valence-corrected chi connectivity index (χ1v) is 9.85. The molecule has 0 saturated heterocycles. The lowest BCUT2D eigenvalue weighted by Gasteiger charge is -2.13. The van der Waals surface area contributed by atoms with Crippen molar-refractivity contribution in [1.29, 1.82) is 0 Å². The van der Waals surface area contributed by atoms with Gasteiger partial charge in [0.25, 0.3) is 5.91 Å². The zero-order valence-corrected chi connectivity index (χ0v) is 17.2. The number of para-hydroxylation sites is 1. The highest BCUT2D eigenvalue weighted by Gasteiger charge is 2.31. The molecule has 1 aromatic carbocycles. The van der Waals surface area contributed by atoms with E-state index in [0.717, 1.165) is 18.0 Å². The van der Waals surface area contributed by atoms with Crippen molar-refractivity contribution in [3.63, 3.8) is 0 Å². The van der Waals surface area contributed by atoms with Crippen molar-refractivity contribution < 1.29 is 22.7 Å². The minimum atomic E-state index is -4.47. The molecule has 164 valence electrons. The Hall–Kier alpha value is -3.36. The maximum atomic E-state index is 12.8. The van der Waals surface area contributed by atoms with Crippen LogP contribution in [0.1, 0.15) is 47.8 Å². The van der Waals surface area contributed by atoms with Crippen LogP contribution in [-0.4, -0.2) is 33.8 Å². The van der Waals surface area contributed by atoms with E-state index < -0.39 is 11.7 Å².